The van der Waals surface area contributed by atoms with Gasteiger partial charge in [-0.3, -0.25) is 4.79 Å². The summed E-state index contributed by atoms with van der Waals surface area (Å²) < 4.78 is 36.9. The lowest BCUT2D eigenvalue weighted by atomic mass is 10.1. The Kier molecular flexibility index (Phi) is 6.53. The maximum Gasteiger partial charge on any atom is 0.387 e. The summed E-state index contributed by atoms with van der Waals surface area (Å²) in [5.41, 5.74) is 3.90. The van der Waals surface area contributed by atoms with E-state index in [0.29, 0.717) is 17.9 Å². The predicted octanol–water partition coefficient (Wildman–Crippen LogP) is 5.10. The van der Waals surface area contributed by atoms with E-state index in [1.165, 1.54) is 12.1 Å². The number of pyridine rings is 1. The number of para-hydroxylation sites is 1. The van der Waals surface area contributed by atoms with Crippen LogP contribution in [0.25, 0.3) is 5.65 Å². The van der Waals surface area contributed by atoms with Crippen LogP contribution in [0.3, 0.4) is 0 Å². The largest absolute Gasteiger partial charge is 0.486 e. The molecule has 0 saturated carbocycles. The lowest BCUT2D eigenvalue weighted by Gasteiger charge is -2.19. The molecule has 0 saturated heterocycles. The summed E-state index contributed by atoms with van der Waals surface area (Å²) in [5, 5.41) is 0. The summed E-state index contributed by atoms with van der Waals surface area (Å²) >= 11 is 0. The van der Waals surface area contributed by atoms with Crippen LogP contribution in [-0.2, 0) is 13.2 Å². The Bertz CT molecular complexity index is 1260. The van der Waals surface area contributed by atoms with E-state index in [9.17, 15) is 13.6 Å². The molecule has 0 unspecified atom stereocenters. The number of fused-ring (bicyclic) bond motifs is 1. The molecule has 2 heterocycles. The van der Waals surface area contributed by atoms with Crippen LogP contribution in [0.15, 0.2) is 73.1 Å². The maximum absolute atomic E-state index is 13.1. The molecular formula is C25H23F2N3O3. The van der Waals surface area contributed by atoms with E-state index < -0.39 is 6.61 Å². The van der Waals surface area contributed by atoms with Crippen LogP contribution in [0.5, 0.6) is 11.5 Å². The molecule has 0 spiro atoms. The van der Waals surface area contributed by atoms with Gasteiger partial charge in [-0.05, 0) is 48.4 Å². The third-order valence-corrected chi connectivity index (χ3v) is 5.14. The first kappa shape index (κ1) is 22.3. The normalized spacial score (nSPS) is 11.1. The van der Waals surface area contributed by atoms with Gasteiger partial charge in [0.15, 0.2) is 0 Å². The summed E-state index contributed by atoms with van der Waals surface area (Å²) in [4.78, 5) is 19.2. The lowest BCUT2D eigenvalue weighted by Crippen LogP contribution is -2.26. The van der Waals surface area contributed by atoms with Crippen LogP contribution in [0.1, 0.15) is 27.2 Å². The van der Waals surface area contributed by atoms with E-state index in [0.717, 1.165) is 22.5 Å². The van der Waals surface area contributed by atoms with Crippen LogP contribution >= 0.6 is 0 Å². The van der Waals surface area contributed by atoms with Gasteiger partial charge in [0, 0.05) is 26.0 Å². The minimum atomic E-state index is -2.87. The number of hydrogen-bond acceptors (Lipinski definition) is 4. The number of imidazole rings is 1. The van der Waals surface area contributed by atoms with Crippen LogP contribution in [-0.4, -0.2) is 33.9 Å². The molecule has 8 heteroatoms. The molecule has 1 amide bonds. The minimum absolute atomic E-state index is 0.0728. The highest BCUT2D eigenvalue weighted by molar-refractivity contribution is 5.96. The van der Waals surface area contributed by atoms with Crippen molar-refractivity contribution in [2.45, 2.75) is 26.7 Å². The Morgan fingerprint density at radius 2 is 1.85 bits per heavy atom. The smallest absolute Gasteiger partial charge is 0.387 e. The average molecular weight is 451 g/mol. The molecule has 2 aromatic carbocycles. The number of alkyl halides is 2. The number of aromatic nitrogens is 2. The first-order valence-electron chi connectivity index (χ1n) is 10.3. The quantitative estimate of drug-likeness (QED) is 0.374. The SMILES string of the molecule is Cc1cccn2cc(COc3ccccc3C(=O)N(C)Cc3ccc(OC(F)F)cc3)nc12. The summed E-state index contributed by atoms with van der Waals surface area (Å²) in [6.45, 7) is -0.355. The summed E-state index contributed by atoms with van der Waals surface area (Å²) in [6.07, 6.45) is 3.83. The van der Waals surface area contributed by atoms with Crippen molar-refractivity contribution in [2.24, 2.45) is 0 Å². The fourth-order valence-electron chi connectivity index (χ4n) is 3.52. The number of hydrogen-bond donors (Lipinski definition) is 0. The Morgan fingerprint density at radius 3 is 2.58 bits per heavy atom. The van der Waals surface area contributed by atoms with Crippen LogP contribution in [0.2, 0.25) is 0 Å². The molecule has 0 radical (unpaired) electrons. The molecule has 6 nitrogen and oxygen atoms in total. The first-order chi connectivity index (χ1) is 15.9. The maximum atomic E-state index is 13.1. The molecule has 0 N–H and O–H groups in total. The molecule has 0 bridgehead atoms. The number of rotatable bonds is 8. The lowest BCUT2D eigenvalue weighted by molar-refractivity contribution is -0.0498. The highest BCUT2D eigenvalue weighted by Gasteiger charge is 2.17. The topological polar surface area (TPSA) is 56.1 Å². The predicted molar refractivity (Wildman–Crippen MR) is 120 cm³/mol. The third kappa shape index (κ3) is 5.28. The fourth-order valence-corrected chi connectivity index (χ4v) is 3.52. The number of benzene rings is 2. The molecular weight excluding hydrogens is 428 g/mol. The zero-order valence-corrected chi connectivity index (χ0v) is 18.2. The molecule has 0 aliphatic heterocycles. The highest BCUT2D eigenvalue weighted by Crippen LogP contribution is 2.23. The minimum Gasteiger partial charge on any atom is -0.486 e. The van der Waals surface area contributed by atoms with Crippen molar-refractivity contribution < 1.29 is 23.0 Å². The van der Waals surface area contributed by atoms with E-state index in [1.807, 2.05) is 41.9 Å². The zero-order valence-electron chi connectivity index (χ0n) is 18.2. The second-order valence-electron chi connectivity index (χ2n) is 7.62. The van der Waals surface area contributed by atoms with Crippen molar-refractivity contribution in [3.8, 4) is 11.5 Å². The second kappa shape index (κ2) is 9.68. The van der Waals surface area contributed by atoms with Crippen molar-refractivity contribution in [3.05, 3.63) is 95.4 Å². The Labute approximate surface area is 190 Å². The van der Waals surface area contributed by atoms with Crippen LogP contribution < -0.4 is 9.47 Å². The number of ether oxygens (including phenoxy) is 2. The van der Waals surface area contributed by atoms with Gasteiger partial charge in [0.2, 0.25) is 0 Å². The molecule has 170 valence electrons. The van der Waals surface area contributed by atoms with Gasteiger partial charge in [-0.25, -0.2) is 4.98 Å². The standard InChI is InChI=1S/C25H23F2N3O3/c1-17-6-5-13-30-15-19(28-23(17)30)16-32-22-8-4-3-7-21(22)24(31)29(2)14-18-9-11-20(12-10-18)33-25(26)27/h3-13,15,25H,14,16H2,1-2H3. The van der Waals surface area contributed by atoms with E-state index in [-0.39, 0.29) is 18.3 Å². The second-order valence-corrected chi connectivity index (χ2v) is 7.62. The Hall–Kier alpha value is -3.94. The first-order valence-corrected chi connectivity index (χ1v) is 10.3. The molecule has 0 aliphatic rings. The number of carbonyl (C=O) groups excluding carboxylic acids is 1. The van der Waals surface area contributed by atoms with Gasteiger partial charge in [-0.2, -0.15) is 8.78 Å². The van der Waals surface area contributed by atoms with Crippen molar-refractivity contribution in [2.75, 3.05) is 7.05 Å². The van der Waals surface area contributed by atoms with Crippen molar-refractivity contribution in [1.29, 1.82) is 0 Å². The van der Waals surface area contributed by atoms with E-state index in [4.69, 9.17) is 4.74 Å². The Balaban J connectivity index is 1.44. The number of nitrogens with zero attached hydrogens (tertiary/aromatic N) is 3. The molecule has 0 fully saturated rings. The number of aryl methyl sites for hydroxylation is 1. The summed E-state index contributed by atoms with van der Waals surface area (Å²) in [6, 6.07) is 17.2. The number of amides is 1. The summed E-state index contributed by atoms with van der Waals surface area (Å²) in [5.74, 6) is 0.316. The zero-order chi connectivity index (χ0) is 23.4. The van der Waals surface area contributed by atoms with Crippen molar-refractivity contribution >= 4 is 11.6 Å². The Morgan fingerprint density at radius 1 is 1.09 bits per heavy atom. The van der Waals surface area contributed by atoms with Gasteiger partial charge in [0.1, 0.15) is 23.8 Å². The van der Waals surface area contributed by atoms with Crippen LogP contribution in [0, 0.1) is 6.92 Å². The molecule has 33 heavy (non-hydrogen) atoms. The average Bonchev–Trinajstić information content (AvgIpc) is 3.23. The molecule has 0 aliphatic carbocycles. The number of carbonyl (C=O) groups is 1. The van der Waals surface area contributed by atoms with Gasteiger partial charge in [0.25, 0.3) is 5.91 Å². The van der Waals surface area contributed by atoms with E-state index >= 15 is 0 Å². The van der Waals surface area contributed by atoms with Crippen LogP contribution in [0.4, 0.5) is 8.78 Å². The highest BCUT2D eigenvalue weighted by atomic mass is 19.3. The fraction of sp³-hybridized carbons (Fsp3) is 0.200. The van der Waals surface area contributed by atoms with Gasteiger partial charge in [-0.1, -0.05) is 30.3 Å². The van der Waals surface area contributed by atoms with Crippen molar-refractivity contribution in [3.63, 3.8) is 0 Å². The van der Waals surface area contributed by atoms with Crippen molar-refractivity contribution in [1.82, 2.24) is 14.3 Å². The molecule has 0 atom stereocenters. The van der Waals surface area contributed by atoms with Gasteiger partial charge in [0.05, 0.1) is 11.3 Å². The molecule has 4 aromatic rings. The molecule has 4 rings (SSSR count). The van der Waals surface area contributed by atoms with E-state index in [2.05, 4.69) is 9.72 Å². The molecule has 2 aromatic heterocycles. The third-order valence-electron chi connectivity index (χ3n) is 5.14. The number of halogens is 2. The monoisotopic (exact) mass is 451 g/mol. The van der Waals surface area contributed by atoms with Gasteiger partial charge in [-0.15, -0.1) is 0 Å². The van der Waals surface area contributed by atoms with Gasteiger partial charge < -0.3 is 18.8 Å². The van der Waals surface area contributed by atoms with Gasteiger partial charge >= 0.3 is 6.61 Å². The summed E-state index contributed by atoms with van der Waals surface area (Å²) in [7, 11) is 1.67. The van der Waals surface area contributed by atoms with E-state index in [1.54, 1.807) is 42.3 Å².